The highest BCUT2D eigenvalue weighted by Crippen LogP contribution is 2.37. The van der Waals surface area contributed by atoms with Gasteiger partial charge in [0.25, 0.3) is 0 Å². The minimum Gasteiger partial charge on any atom is -0.493 e. The Hall–Kier alpha value is -3.96. The predicted molar refractivity (Wildman–Crippen MR) is 141 cm³/mol. The lowest BCUT2D eigenvalue weighted by atomic mass is 10.0. The highest BCUT2D eigenvalue weighted by molar-refractivity contribution is 6.30. The van der Waals surface area contributed by atoms with Crippen LogP contribution < -0.4 is 23.3 Å². The van der Waals surface area contributed by atoms with E-state index >= 15 is 0 Å². The number of fused-ring (bicyclic) bond motifs is 4. The van der Waals surface area contributed by atoms with Crippen molar-refractivity contribution in [2.75, 3.05) is 28.4 Å². The lowest BCUT2D eigenvalue weighted by Crippen LogP contribution is -2.26. The van der Waals surface area contributed by atoms with Gasteiger partial charge in [0.05, 0.1) is 39.2 Å². The third kappa shape index (κ3) is 4.08. The van der Waals surface area contributed by atoms with Crippen molar-refractivity contribution in [1.29, 1.82) is 0 Å². The Morgan fingerprint density at radius 3 is 1.83 bits per heavy atom. The summed E-state index contributed by atoms with van der Waals surface area (Å²) >= 11 is 6.08. The van der Waals surface area contributed by atoms with Crippen LogP contribution >= 0.6 is 11.6 Å². The molecule has 0 saturated carbocycles. The molecule has 2 heterocycles. The van der Waals surface area contributed by atoms with E-state index in [1.807, 2.05) is 48.5 Å². The van der Waals surface area contributed by atoms with Crippen LogP contribution in [-0.2, 0) is 0 Å². The minimum absolute atomic E-state index is 0.674. The standard InChI is InChI=1S/C29H25ClNO4/c1-32-26-14-19-11-12-31-24(10-7-18-5-8-21(30)9-6-18)23-17-29(35-4)27(33-2)15-20(23)13-25(31)22(19)16-28(26)34-3/h5-17H,1-4H3/q+1. The van der Waals surface area contributed by atoms with Gasteiger partial charge in [-0.25, -0.2) is 0 Å². The monoisotopic (exact) mass is 486 g/mol. The van der Waals surface area contributed by atoms with Gasteiger partial charge in [-0.05, 0) is 58.8 Å². The summed E-state index contributed by atoms with van der Waals surface area (Å²) in [7, 11) is 6.59. The van der Waals surface area contributed by atoms with Crippen LogP contribution in [0.15, 0.2) is 66.9 Å². The molecule has 0 spiro atoms. The Bertz CT molecular complexity index is 1590. The molecule has 0 aliphatic heterocycles. The van der Waals surface area contributed by atoms with E-state index in [0.717, 1.165) is 38.3 Å². The Kier molecular flexibility index (Phi) is 6.10. The van der Waals surface area contributed by atoms with Gasteiger partial charge in [0.15, 0.2) is 29.2 Å². The Morgan fingerprint density at radius 2 is 1.20 bits per heavy atom. The van der Waals surface area contributed by atoms with E-state index in [2.05, 4.69) is 34.9 Å². The average molecular weight is 487 g/mol. The van der Waals surface area contributed by atoms with Crippen LogP contribution in [0.2, 0.25) is 5.02 Å². The quantitative estimate of drug-likeness (QED) is 0.154. The third-order valence-electron chi connectivity index (χ3n) is 6.18. The Morgan fingerprint density at radius 1 is 0.629 bits per heavy atom. The molecule has 0 amide bonds. The average Bonchev–Trinajstić information content (AvgIpc) is 2.90. The van der Waals surface area contributed by atoms with E-state index in [9.17, 15) is 0 Å². The number of hydrogen-bond donors (Lipinski definition) is 0. The fourth-order valence-electron chi connectivity index (χ4n) is 4.41. The molecule has 0 saturated heterocycles. The van der Waals surface area contributed by atoms with Gasteiger partial charge in [-0.2, -0.15) is 4.40 Å². The number of rotatable bonds is 6. The number of benzene rings is 3. The molecule has 5 nitrogen and oxygen atoms in total. The molecule has 35 heavy (non-hydrogen) atoms. The van der Waals surface area contributed by atoms with Crippen molar-refractivity contribution < 1.29 is 23.3 Å². The molecule has 0 aliphatic carbocycles. The van der Waals surface area contributed by atoms with Crippen molar-refractivity contribution in [3.05, 3.63) is 83.1 Å². The number of halogens is 1. The summed E-state index contributed by atoms with van der Waals surface area (Å²) in [6.07, 6.45) is 6.26. The molecule has 0 radical (unpaired) electrons. The first-order chi connectivity index (χ1) is 17.1. The number of pyridine rings is 2. The van der Waals surface area contributed by atoms with Gasteiger partial charge in [0, 0.05) is 23.2 Å². The molecule has 5 rings (SSSR count). The topological polar surface area (TPSA) is 41.0 Å². The van der Waals surface area contributed by atoms with Gasteiger partial charge in [0.1, 0.15) is 0 Å². The highest BCUT2D eigenvalue weighted by atomic mass is 35.5. The van der Waals surface area contributed by atoms with Crippen LogP contribution in [-0.4, -0.2) is 28.4 Å². The number of methoxy groups -OCH3 is 4. The van der Waals surface area contributed by atoms with E-state index in [1.54, 1.807) is 28.4 Å². The van der Waals surface area contributed by atoms with Crippen LogP contribution in [0, 0.1) is 0 Å². The molecular weight excluding hydrogens is 462 g/mol. The van der Waals surface area contributed by atoms with Crippen LogP contribution in [0.1, 0.15) is 11.3 Å². The maximum absolute atomic E-state index is 6.08. The molecule has 5 aromatic rings. The van der Waals surface area contributed by atoms with E-state index in [-0.39, 0.29) is 0 Å². The summed E-state index contributed by atoms with van der Waals surface area (Å²) in [5.74, 6) is 2.72. The van der Waals surface area contributed by atoms with Crippen molar-refractivity contribution in [1.82, 2.24) is 0 Å². The normalized spacial score (nSPS) is 11.5. The number of ether oxygens (including phenoxy) is 4. The van der Waals surface area contributed by atoms with Crippen molar-refractivity contribution in [3.63, 3.8) is 0 Å². The summed E-state index contributed by atoms with van der Waals surface area (Å²) in [5, 5.41) is 4.86. The summed E-state index contributed by atoms with van der Waals surface area (Å²) in [5.41, 5.74) is 3.08. The van der Waals surface area contributed by atoms with Crippen molar-refractivity contribution in [2.45, 2.75) is 0 Å². The lowest BCUT2D eigenvalue weighted by molar-refractivity contribution is -0.511. The van der Waals surface area contributed by atoms with Gasteiger partial charge in [-0.15, -0.1) is 0 Å². The van der Waals surface area contributed by atoms with E-state index < -0.39 is 0 Å². The second-order valence-electron chi connectivity index (χ2n) is 8.07. The SMILES string of the molecule is COc1cc2cc3c4cc(OC)c(OC)cc4cc[n+]3c(C=Cc3ccc(Cl)cc3)c2cc1OC. The molecule has 3 aromatic carbocycles. The van der Waals surface area contributed by atoms with E-state index in [0.29, 0.717) is 28.0 Å². The molecular formula is C29H25ClNO4+. The highest BCUT2D eigenvalue weighted by Gasteiger charge is 2.20. The van der Waals surface area contributed by atoms with E-state index in [4.69, 9.17) is 30.5 Å². The third-order valence-corrected chi connectivity index (χ3v) is 6.43. The van der Waals surface area contributed by atoms with Crippen LogP contribution in [0.3, 0.4) is 0 Å². The molecule has 0 aliphatic rings. The molecule has 0 bridgehead atoms. The smallest absolute Gasteiger partial charge is 0.219 e. The number of nitrogens with zero attached hydrogens (tertiary/aromatic N) is 1. The van der Waals surface area contributed by atoms with Gasteiger partial charge in [0.2, 0.25) is 11.2 Å². The molecule has 0 unspecified atom stereocenters. The first-order valence-corrected chi connectivity index (χ1v) is 11.5. The van der Waals surface area contributed by atoms with Crippen molar-refractivity contribution >= 4 is 50.8 Å². The zero-order chi connectivity index (χ0) is 24.5. The lowest BCUT2D eigenvalue weighted by Gasteiger charge is -2.12. The molecule has 6 heteroatoms. The Labute approximate surface area is 208 Å². The second-order valence-corrected chi connectivity index (χ2v) is 8.51. The second kappa shape index (κ2) is 9.35. The largest absolute Gasteiger partial charge is 0.493 e. The molecule has 176 valence electrons. The predicted octanol–water partition coefficient (Wildman–Crippen LogP) is 6.59. The maximum Gasteiger partial charge on any atom is 0.219 e. The van der Waals surface area contributed by atoms with Crippen LogP contribution in [0.4, 0.5) is 0 Å². The van der Waals surface area contributed by atoms with Gasteiger partial charge >= 0.3 is 0 Å². The zero-order valence-corrected chi connectivity index (χ0v) is 20.7. The number of hydrogen-bond acceptors (Lipinski definition) is 4. The van der Waals surface area contributed by atoms with Gasteiger partial charge in [-0.1, -0.05) is 23.7 Å². The van der Waals surface area contributed by atoms with Gasteiger partial charge < -0.3 is 18.9 Å². The van der Waals surface area contributed by atoms with Gasteiger partial charge in [-0.3, -0.25) is 0 Å². The first-order valence-electron chi connectivity index (χ1n) is 11.1. The maximum atomic E-state index is 6.08. The summed E-state index contributed by atoms with van der Waals surface area (Å²) < 4.78 is 24.5. The Balaban J connectivity index is 1.86. The fourth-order valence-corrected chi connectivity index (χ4v) is 4.53. The molecule has 2 aromatic heterocycles. The summed E-state index contributed by atoms with van der Waals surface area (Å²) in [6, 6.07) is 20.0. The summed E-state index contributed by atoms with van der Waals surface area (Å²) in [4.78, 5) is 0. The van der Waals surface area contributed by atoms with Crippen molar-refractivity contribution in [3.8, 4) is 23.0 Å². The fraction of sp³-hybridized carbons (Fsp3) is 0.138. The zero-order valence-electron chi connectivity index (χ0n) is 20.0. The van der Waals surface area contributed by atoms with Crippen LogP contribution in [0.25, 0.3) is 39.2 Å². The first kappa shape index (κ1) is 22.8. The van der Waals surface area contributed by atoms with Crippen molar-refractivity contribution in [2.24, 2.45) is 0 Å². The minimum atomic E-state index is 0.674. The molecule has 0 N–H and O–H groups in total. The number of aromatic nitrogens is 1. The van der Waals surface area contributed by atoms with Crippen LogP contribution in [0.5, 0.6) is 23.0 Å². The summed E-state index contributed by atoms with van der Waals surface area (Å²) in [6.45, 7) is 0. The van der Waals surface area contributed by atoms with E-state index in [1.165, 1.54) is 0 Å². The molecule has 0 atom stereocenters. The molecule has 0 fully saturated rings.